The summed E-state index contributed by atoms with van der Waals surface area (Å²) in [6.07, 6.45) is 2.28. The molecule has 1 aromatic carbocycles. The second kappa shape index (κ2) is 6.98. The van der Waals surface area contributed by atoms with E-state index in [1.54, 1.807) is 10.6 Å². The van der Waals surface area contributed by atoms with E-state index >= 15 is 0 Å². The number of fused-ring (bicyclic) bond motifs is 1. The average molecular weight is 367 g/mol. The molecule has 0 spiro atoms. The Kier molecular flexibility index (Phi) is 4.87. The van der Waals surface area contributed by atoms with Gasteiger partial charge < -0.3 is 10.4 Å². The lowest BCUT2D eigenvalue weighted by atomic mass is 9.87. The van der Waals surface area contributed by atoms with Crippen molar-refractivity contribution in [2.45, 2.75) is 52.9 Å². The third-order valence-corrected chi connectivity index (χ3v) is 4.73. The summed E-state index contributed by atoms with van der Waals surface area (Å²) in [7, 11) is 0. The molecule has 3 aromatic rings. The van der Waals surface area contributed by atoms with Gasteiger partial charge in [0, 0.05) is 17.8 Å². The van der Waals surface area contributed by atoms with E-state index in [2.05, 4.69) is 41.2 Å². The van der Waals surface area contributed by atoms with Crippen molar-refractivity contribution in [2.75, 3.05) is 5.32 Å². The van der Waals surface area contributed by atoms with Crippen LogP contribution in [0.3, 0.4) is 0 Å². The molecule has 0 fully saturated rings. The predicted octanol–water partition coefficient (Wildman–Crippen LogP) is 3.32. The standard InChI is InChI=1S/C20H25N5O2/c1-12-15(13(2)25-19(23-12)21-11-22-25)7-9-18(27)24-16-10-14(20(3,4)5)6-8-17(16)26/h6,8,10-11,26H,7,9H2,1-5H3,(H,24,27). The minimum atomic E-state index is -0.158. The minimum Gasteiger partial charge on any atom is -0.506 e. The summed E-state index contributed by atoms with van der Waals surface area (Å²) in [6.45, 7) is 10.1. The van der Waals surface area contributed by atoms with Gasteiger partial charge in [0.25, 0.3) is 5.78 Å². The number of aryl methyl sites for hydroxylation is 2. The molecular weight excluding hydrogens is 342 g/mol. The van der Waals surface area contributed by atoms with Crippen LogP contribution in [0.15, 0.2) is 24.5 Å². The van der Waals surface area contributed by atoms with Gasteiger partial charge in [0.1, 0.15) is 12.1 Å². The van der Waals surface area contributed by atoms with E-state index in [1.165, 1.54) is 6.33 Å². The molecule has 7 nitrogen and oxygen atoms in total. The highest BCUT2D eigenvalue weighted by Gasteiger charge is 2.17. The number of aromatic hydroxyl groups is 1. The number of carbonyl (C=O) groups excluding carboxylic acids is 1. The van der Waals surface area contributed by atoms with Gasteiger partial charge in [-0.15, -0.1) is 0 Å². The quantitative estimate of drug-likeness (QED) is 0.690. The first-order valence-corrected chi connectivity index (χ1v) is 8.96. The maximum atomic E-state index is 12.5. The fourth-order valence-electron chi connectivity index (χ4n) is 3.07. The molecule has 0 radical (unpaired) electrons. The number of amides is 1. The Morgan fingerprint density at radius 2 is 2.00 bits per heavy atom. The Morgan fingerprint density at radius 1 is 1.26 bits per heavy atom. The van der Waals surface area contributed by atoms with Crippen LogP contribution in [0.4, 0.5) is 5.69 Å². The number of anilines is 1. The fraction of sp³-hybridized carbons (Fsp3) is 0.400. The first-order valence-electron chi connectivity index (χ1n) is 8.96. The number of hydrogen-bond acceptors (Lipinski definition) is 5. The highest BCUT2D eigenvalue weighted by Crippen LogP contribution is 2.30. The van der Waals surface area contributed by atoms with Crippen LogP contribution in [0.25, 0.3) is 5.78 Å². The molecule has 2 aromatic heterocycles. The number of phenolic OH excluding ortho intramolecular Hbond substituents is 1. The van der Waals surface area contributed by atoms with E-state index in [0.717, 1.165) is 22.5 Å². The van der Waals surface area contributed by atoms with E-state index in [9.17, 15) is 9.90 Å². The van der Waals surface area contributed by atoms with Crippen LogP contribution in [0.2, 0.25) is 0 Å². The number of nitrogens with one attached hydrogen (secondary N) is 1. The molecule has 0 saturated heterocycles. The minimum absolute atomic E-state index is 0.0643. The lowest BCUT2D eigenvalue weighted by Crippen LogP contribution is -2.16. The molecule has 0 saturated carbocycles. The Bertz CT molecular complexity index is 1000. The van der Waals surface area contributed by atoms with Crippen LogP contribution >= 0.6 is 0 Å². The molecule has 27 heavy (non-hydrogen) atoms. The van der Waals surface area contributed by atoms with Gasteiger partial charge in [-0.2, -0.15) is 10.1 Å². The van der Waals surface area contributed by atoms with Gasteiger partial charge in [-0.25, -0.2) is 9.50 Å². The van der Waals surface area contributed by atoms with Crippen LogP contribution in [0.5, 0.6) is 5.75 Å². The van der Waals surface area contributed by atoms with Crippen molar-refractivity contribution in [3.05, 3.63) is 47.0 Å². The van der Waals surface area contributed by atoms with Gasteiger partial charge in [0.2, 0.25) is 5.91 Å². The van der Waals surface area contributed by atoms with Gasteiger partial charge in [0.05, 0.1) is 5.69 Å². The molecule has 142 valence electrons. The number of rotatable bonds is 4. The Labute approximate surface area is 158 Å². The summed E-state index contributed by atoms with van der Waals surface area (Å²) in [4.78, 5) is 21.0. The van der Waals surface area contributed by atoms with Gasteiger partial charge in [0.15, 0.2) is 0 Å². The largest absolute Gasteiger partial charge is 0.506 e. The Morgan fingerprint density at radius 3 is 2.70 bits per heavy atom. The summed E-state index contributed by atoms with van der Waals surface area (Å²) < 4.78 is 1.68. The normalized spacial score (nSPS) is 11.7. The molecule has 7 heteroatoms. The van der Waals surface area contributed by atoms with Gasteiger partial charge in [-0.3, -0.25) is 4.79 Å². The number of hydrogen-bond donors (Lipinski definition) is 2. The second-order valence-corrected chi connectivity index (χ2v) is 7.76. The maximum absolute atomic E-state index is 12.5. The average Bonchev–Trinajstić information content (AvgIpc) is 3.04. The lowest BCUT2D eigenvalue weighted by Gasteiger charge is -2.20. The van der Waals surface area contributed by atoms with Crippen LogP contribution in [0, 0.1) is 13.8 Å². The SMILES string of the molecule is Cc1nc2ncnn2c(C)c1CCC(=O)Nc1cc(C(C)(C)C)ccc1O. The second-order valence-electron chi connectivity index (χ2n) is 7.76. The zero-order valence-corrected chi connectivity index (χ0v) is 16.4. The zero-order valence-electron chi connectivity index (χ0n) is 16.4. The highest BCUT2D eigenvalue weighted by molar-refractivity contribution is 5.92. The topological polar surface area (TPSA) is 92.4 Å². The molecule has 0 aliphatic rings. The predicted molar refractivity (Wildman–Crippen MR) is 104 cm³/mol. The van der Waals surface area contributed by atoms with Gasteiger partial charge in [-0.1, -0.05) is 26.8 Å². The van der Waals surface area contributed by atoms with E-state index in [-0.39, 0.29) is 23.5 Å². The van der Waals surface area contributed by atoms with Gasteiger partial charge >= 0.3 is 0 Å². The van der Waals surface area contributed by atoms with Crippen LogP contribution in [-0.4, -0.2) is 30.6 Å². The van der Waals surface area contributed by atoms with Crippen molar-refractivity contribution < 1.29 is 9.90 Å². The lowest BCUT2D eigenvalue weighted by molar-refractivity contribution is -0.116. The molecule has 0 bridgehead atoms. The molecule has 0 unspecified atom stereocenters. The first-order chi connectivity index (χ1) is 12.7. The van der Waals surface area contributed by atoms with Crippen molar-refractivity contribution in [3.8, 4) is 5.75 Å². The number of benzene rings is 1. The molecule has 0 aliphatic heterocycles. The molecule has 2 N–H and O–H groups in total. The van der Waals surface area contributed by atoms with Crippen molar-refractivity contribution in [1.29, 1.82) is 0 Å². The summed E-state index contributed by atoms with van der Waals surface area (Å²) in [6, 6.07) is 5.32. The Balaban J connectivity index is 1.74. The number of aromatic nitrogens is 4. The number of nitrogens with zero attached hydrogens (tertiary/aromatic N) is 4. The zero-order chi connectivity index (χ0) is 19.8. The smallest absolute Gasteiger partial charge is 0.252 e. The summed E-state index contributed by atoms with van der Waals surface area (Å²) in [5, 5.41) is 17.1. The van der Waals surface area contributed by atoms with Crippen molar-refractivity contribution in [3.63, 3.8) is 0 Å². The Hall–Kier alpha value is -2.96. The third-order valence-electron chi connectivity index (χ3n) is 4.73. The number of carbonyl (C=O) groups is 1. The monoisotopic (exact) mass is 367 g/mol. The van der Waals surface area contributed by atoms with Crippen molar-refractivity contribution in [2.24, 2.45) is 0 Å². The van der Waals surface area contributed by atoms with E-state index in [4.69, 9.17) is 0 Å². The van der Waals surface area contributed by atoms with Crippen LogP contribution < -0.4 is 5.32 Å². The third kappa shape index (κ3) is 3.92. The molecule has 0 aliphatic carbocycles. The van der Waals surface area contributed by atoms with E-state index < -0.39 is 0 Å². The van der Waals surface area contributed by atoms with E-state index in [0.29, 0.717) is 17.9 Å². The maximum Gasteiger partial charge on any atom is 0.252 e. The summed E-state index contributed by atoms with van der Waals surface area (Å²) in [5.74, 6) is 0.463. The first kappa shape index (κ1) is 18.8. The summed E-state index contributed by atoms with van der Waals surface area (Å²) in [5.41, 5.74) is 4.17. The summed E-state index contributed by atoms with van der Waals surface area (Å²) >= 11 is 0. The van der Waals surface area contributed by atoms with Crippen LogP contribution in [0.1, 0.15) is 49.7 Å². The molecule has 2 heterocycles. The van der Waals surface area contributed by atoms with Crippen molar-refractivity contribution in [1.82, 2.24) is 19.6 Å². The fourth-order valence-corrected chi connectivity index (χ4v) is 3.07. The molecule has 3 rings (SSSR count). The van der Waals surface area contributed by atoms with E-state index in [1.807, 2.05) is 26.0 Å². The van der Waals surface area contributed by atoms with Gasteiger partial charge in [-0.05, 0) is 48.9 Å². The highest BCUT2D eigenvalue weighted by atomic mass is 16.3. The molecule has 1 amide bonds. The van der Waals surface area contributed by atoms with Crippen molar-refractivity contribution >= 4 is 17.4 Å². The van der Waals surface area contributed by atoms with Crippen LogP contribution in [-0.2, 0) is 16.6 Å². The molecular formula is C20H25N5O2. The molecule has 0 atom stereocenters. The number of phenols is 1.